The normalized spacial score (nSPS) is 18.3. The maximum atomic E-state index is 12.0. The van der Waals surface area contributed by atoms with E-state index < -0.39 is 5.54 Å². The predicted octanol–water partition coefficient (Wildman–Crippen LogP) is 4.08. The second-order valence-electron chi connectivity index (χ2n) is 5.82. The smallest absolute Gasteiger partial charge is 0.221 e. The first-order valence-electron chi connectivity index (χ1n) is 7.95. The minimum atomic E-state index is -0.572. The Morgan fingerprint density at radius 2 is 1.74 bits per heavy atom. The second kappa shape index (κ2) is 8.96. The Kier molecular flexibility index (Phi) is 7.55. The molecule has 0 aromatic carbocycles. The van der Waals surface area contributed by atoms with E-state index in [1.54, 1.807) is 0 Å². The predicted molar refractivity (Wildman–Crippen MR) is 77.6 cm³/mol. The Hall–Kier alpha value is -1.04. The highest BCUT2D eigenvalue weighted by Gasteiger charge is 2.32. The fourth-order valence-electron chi connectivity index (χ4n) is 2.82. The SMILES string of the molecule is CCCCCCCC(=O)NC1(C#N)CCCCCC1. The van der Waals surface area contributed by atoms with Gasteiger partial charge in [0.25, 0.3) is 0 Å². The third-order valence-corrected chi connectivity index (χ3v) is 4.06. The van der Waals surface area contributed by atoms with E-state index in [1.807, 2.05) is 0 Å². The molecule has 0 aliphatic heterocycles. The summed E-state index contributed by atoms with van der Waals surface area (Å²) in [6, 6.07) is 2.37. The fourth-order valence-corrected chi connectivity index (χ4v) is 2.82. The number of carbonyl (C=O) groups excluding carboxylic acids is 1. The van der Waals surface area contributed by atoms with Crippen molar-refractivity contribution in [2.24, 2.45) is 0 Å². The molecule has 0 aromatic heterocycles. The summed E-state index contributed by atoms with van der Waals surface area (Å²) in [5.41, 5.74) is -0.572. The number of nitriles is 1. The number of nitrogens with one attached hydrogen (secondary N) is 1. The lowest BCUT2D eigenvalue weighted by molar-refractivity contribution is -0.122. The van der Waals surface area contributed by atoms with Gasteiger partial charge in [0, 0.05) is 6.42 Å². The lowest BCUT2D eigenvalue weighted by atomic mass is 9.91. The van der Waals surface area contributed by atoms with Crippen LogP contribution in [-0.4, -0.2) is 11.4 Å². The van der Waals surface area contributed by atoms with Crippen molar-refractivity contribution in [3.05, 3.63) is 0 Å². The molecule has 108 valence electrons. The van der Waals surface area contributed by atoms with Crippen molar-refractivity contribution >= 4 is 5.91 Å². The summed E-state index contributed by atoms with van der Waals surface area (Å²) in [4.78, 5) is 12.0. The fraction of sp³-hybridized carbons (Fsp3) is 0.875. The lowest BCUT2D eigenvalue weighted by Crippen LogP contribution is -2.46. The molecule has 3 heteroatoms. The Balaban J connectivity index is 2.30. The van der Waals surface area contributed by atoms with Gasteiger partial charge in [0.2, 0.25) is 5.91 Å². The molecular formula is C16H28N2O. The van der Waals surface area contributed by atoms with Gasteiger partial charge in [0.15, 0.2) is 0 Å². The van der Waals surface area contributed by atoms with Crippen LogP contribution in [0.25, 0.3) is 0 Å². The van der Waals surface area contributed by atoms with Crippen LogP contribution in [0.15, 0.2) is 0 Å². The molecule has 1 rings (SSSR count). The zero-order valence-corrected chi connectivity index (χ0v) is 12.3. The standard InChI is InChI=1S/C16H28N2O/c1-2-3-4-5-8-11-15(19)18-16(14-17)12-9-6-7-10-13-16/h2-13H2,1H3,(H,18,19). The molecule has 0 spiro atoms. The van der Waals surface area contributed by atoms with E-state index in [0.29, 0.717) is 6.42 Å². The molecule has 0 atom stereocenters. The van der Waals surface area contributed by atoms with E-state index in [1.165, 1.54) is 32.1 Å². The monoisotopic (exact) mass is 264 g/mol. The molecule has 3 nitrogen and oxygen atoms in total. The molecule has 0 aromatic rings. The van der Waals surface area contributed by atoms with Crippen molar-refractivity contribution < 1.29 is 4.79 Å². The first kappa shape index (κ1) is 16.0. The molecule has 0 saturated heterocycles. The van der Waals surface area contributed by atoms with Crippen LogP contribution in [0.1, 0.15) is 84.0 Å². The van der Waals surface area contributed by atoms with E-state index in [2.05, 4.69) is 18.3 Å². The van der Waals surface area contributed by atoms with Gasteiger partial charge < -0.3 is 5.32 Å². The van der Waals surface area contributed by atoms with Gasteiger partial charge in [-0.15, -0.1) is 0 Å². The summed E-state index contributed by atoms with van der Waals surface area (Å²) in [6.45, 7) is 2.19. The molecule has 0 heterocycles. The van der Waals surface area contributed by atoms with Gasteiger partial charge in [-0.2, -0.15) is 5.26 Å². The van der Waals surface area contributed by atoms with Crippen molar-refractivity contribution in [1.82, 2.24) is 5.32 Å². The minimum Gasteiger partial charge on any atom is -0.338 e. The molecule has 1 fully saturated rings. The topological polar surface area (TPSA) is 52.9 Å². The number of hydrogen-bond donors (Lipinski definition) is 1. The summed E-state index contributed by atoms with van der Waals surface area (Å²) < 4.78 is 0. The van der Waals surface area contributed by atoms with Gasteiger partial charge in [-0.25, -0.2) is 0 Å². The Labute approximate surface area is 117 Å². The van der Waals surface area contributed by atoms with Crippen molar-refractivity contribution in [2.45, 2.75) is 89.5 Å². The first-order valence-corrected chi connectivity index (χ1v) is 7.95. The van der Waals surface area contributed by atoms with E-state index in [9.17, 15) is 10.1 Å². The molecule has 1 amide bonds. The van der Waals surface area contributed by atoms with Crippen molar-refractivity contribution in [3.63, 3.8) is 0 Å². The zero-order chi connectivity index (χ0) is 14.0. The Bertz CT molecular complexity index is 298. The van der Waals surface area contributed by atoms with Crippen LogP contribution in [0.5, 0.6) is 0 Å². The van der Waals surface area contributed by atoms with Crippen LogP contribution < -0.4 is 5.32 Å². The molecule has 19 heavy (non-hydrogen) atoms. The minimum absolute atomic E-state index is 0.0694. The van der Waals surface area contributed by atoms with Crippen molar-refractivity contribution in [2.75, 3.05) is 0 Å². The highest BCUT2D eigenvalue weighted by molar-refractivity contribution is 5.77. The van der Waals surface area contributed by atoms with Gasteiger partial charge >= 0.3 is 0 Å². The molecule has 0 bridgehead atoms. The summed E-state index contributed by atoms with van der Waals surface area (Å²) >= 11 is 0. The van der Waals surface area contributed by atoms with Crippen LogP contribution >= 0.6 is 0 Å². The van der Waals surface area contributed by atoms with E-state index in [-0.39, 0.29) is 5.91 Å². The molecule has 1 saturated carbocycles. The molecule has 1 N–H and O–H groups in total. The number of nitrogens with zero attached hydrogens (tertiary/aromatic N) is 1. The van der Waals surface area contributed by atoms with Crippen LogP contribution in [0.2, 0.25) is 0 Å². The third kappa shape index (κ3) is 6.09. The molecule has 0 unspecified atom stereocenters. The zero-order valence-electron chi connectivity index (χ0n) is 12.3. The first-order chi connectivity index (χ1) is 9.22. The van der Waals surface area contributed by atoms with E-state index in [4.69, 9.17) is 0 Å². The number of unbranched alkanes of at least 4 members (excludes halogenated alkanes) is 4. The maximum absolute atomic E-state index is 12.0. The summed E-state index contributed by atoms with van der Waals surface area (Å²) in [6.07, 6.45) is 12.5. The van der Waals surface area contributed by atoms with Gasteiger partial charge in [-0.05, 0) is 19.3 Å². The van der Waals surface area contributed by atoms with Gasteiger partial charge in [-0.3, -0.25) is 4.79 Å². The molecule has 1 aliphatic carbocycles. The second-order valence-corrected chi connectivity index (χ2v) is 5.82. The summed E-state index contributed by atoms with van der Waals surface area (Å²) in [5.74, 6) is 0.0694. The molecule has 0 radical (unpaired) electrons. The van der Waals surface area contributed by atoms with Crippen LogP contribution in [-0.2, 0) is 4.79 Å². The molecular weight excluding hydrogens is 236 g/mol. The van der Waals surface area contributed by atoms with Gasteiger partial charge in [0.1, 0.15) is 5.54 Å². The highest BCUT2D eigenvalue weighted by Crippen LogP contribution is 2.26. The van der Waals surface area contributed by atoms with Crippen molar-refractivity contribution in [3.8, 4) is 6.07 Å². The molecule has 1 aliphatic rings. The van der Waals surface area contributed by atoms with Crippen molar-refractivity contribution in [1.29, 1.82) is 5.26 Å². The van der Waals surface area contributed by atoms with E-state index >= 15 is 0 Å². The van der Waals surface area contributed by atoms with Gasteiger partial charge in [-0.1, -0.05) is 58.3 Å². The summed E-state index contributed by atoms with van der Waals surface area (Å²) in [7, 11) is 0. The largest absolute Gasteiger partial charge is 0.338 e. The number of hydrogen-bond acceptors (Lipinski definition) is 2. The highest BCUT2D eigenvalue weighted by atomic mass is 16.1. The summed E-state index contributed by atoms with van der Waals surface area (Å²) in [5, 5.41) is 12.4. The lowest BCUT2D eigenvalue weighted by Gasteiger charge is -2.26. The average molecular weight is 264 g/mol. The van der Waals surface area contributed by atoms with Crippen LogP contribution in [0.3, 0.4) is 0 Å². The van der Waals surface area contributed by atoms with Crippen LogP contribution in [0.4, 0.5) is 0 Å². The maximum Gasteiger partial charge on any atom is 0.221 e. The van der Waals surface area contributed by atoms with E-state index in [0.717, 1.165) is 38.5 Å². The average Bonchev–Trinajstić information content (AvgIpc) is 2.65. The van der Waals surface area contributed by atoms with Gasteiger partial charge in [0.05, 0.1) is 6.07 Å². The number of rotatable bonds is 7. The third-order valence-electron chi connectivity index (χ3n) is 4.06. The van der Waals surface area contributed by atoms with Crippen LogP contribution in [0, 0.1) is 11.3 Å². The Morgan fingerprint density at radius 3 is 2.32 bits per heavy atom. The number of amides is 1. The quantitative estimate of drug-likeness (QED) is 0.556. The Morgan fingerprint density at radius 1 is 1.11 bits per heavy atom. The number of carbonyl (C=O) groups is 1.